The van der Waals surface area contributed by atoms with Crippen LogP contribution in [0.25, 0.3) is 0 Å². The summed E-state index contributed by atoms with van der Waals surface area (Å²) in [6.45, 7) is 8.06. The van der Waals surface area contributed by atoms with Gasteiger partial charge in [0.1, 0.15) is 11.8 Å². The average Bonchev–Trinajstić information content (AvgIpc) is 2.69. The third-order valence-electron chi connectivity index (χ3n) is 4.57. The van der Waals surface area contributed by atoms with Crippen molar-refractivity contribution in [1.29, 1.82) is 0 Å². The number of nitrogens with zero attached hydrogens (tertiary/aromatic N) is 1. The highest BCUT2D eigenvalue weighted by Crippen LogP contribution is 2.24. The van der Waals surface area contributed by atoms with Crippen LogP contribution in [0, 0.1) is 0 Å². The van der Waals surface area contributed by atoms with E-state index in [1.807, 2.05) is 51.1 Å². The van der Waals surface area contributed by atoms with Gasteiger partial charge in [-0.2, -0.15) is 0 Å². The third kappa shape index (κ3) is 8.42. The van der Waals surface area contributed by atoms with E-state index in [1.54, 1.807) is 30.0 Å². The summed E-state index contributed by atoms with van der Waals surface area (Å²) in [7, 11) is 0. The molecule has 0 unspecified atom stereocenters. The fourth-order valence-corrected chi connectivity index (χ4v) is 3.43. The van der Waals surface area contributed by atoms with E-state index in [2.05, 4.69) is 5.32 Å². The minimum Gasteiger partial charge on any atom is -0.494 e. The minimum atomic E-state index is -0.659. The van der Waals surface area contributed by atoms with Crippen molar-refractivity contribution in [1.82, 2.24) is 10.2 Å². The summed E-state index contributed by atoms with van der Waals surface area (Å²) in [6.07, 6.45) is 0.789. The molecular weight excluding hydrogens is 435 g/mol. The summed E-state index contributed by atoms with van der Waals surface area (Å²) in [6, 6.07) is 13.9. The summed E-state index contributed by atoms with van der Waals surface area (Å²) in [5.74, 6) is 0.406. The number of nitrogens with one attached hydrogen (secondary N) is 1. The van der Waals surface area contributed by atoms with Crippen LogP contribution >= 0.6 is 23.2 Å². The maximum atomic E-state index is 13.1. The molecule has 0 heterocycles. The Morgan fingerprint density at radius 2 is 1.77 bits per heavy atom. The first kappa shape index (κ1) is 25.0. The van der Waals surface area contributed by atoms with Crippen molar-refractivity contribution in [2.45, 2.75) is 58.7 Å². The summed E-state index contributed by atoms with van der Waals surface area (Å²) in [4.78, 5) is 27.4. The van der Waals surface area contributed by atoms with E-state index < -0.39 is 11.6 Å². The highest BCUT2D eigenvalue weighted by atomic mass is 35.5. The molecule has 0 aliphatic heterocycles. The molecule has 0 saturated carbocycles. The van der Waals surface area contributed by atoms with Gasteiger partial charge in [-0.1, -0.05) is 47.5 Å². The molecule has 7 heteroatoms. The second-order valence-electron chi connectivity index (χ2n) is 8.44. The molecule has 2 amide bonds. The molecule has 0 spiro atoms. The van der Waals surface area contributed by atoms with Crippen molar-refractivity contribution in [3.63, 3.8) is 0 Å². The normalized spacial score (nSPS) is 12.2. The molecule has 1 N–H and O–H groups in total. The van der Waals surface area contributed by atoms with Gasteiger partial charge >= 0.3 is 0 Å². The van der Waals surface area contributed by atoms with Crippen molar-refractivity contribution in [2.24, 2.45) is 0 Å². The summed E-state index contributed by atoms with van der Waals surface area (Å²) >= 11 is 12.3. The predicted molar refractivity (Wildman–Crippen MR) is 126 cm³/mol. The lowest BCUT2D eigenvalue weighted by Gasteiger charge is -2.31. The van der Waals surface area contributed by atoms with Gasteiger partial charge < -0.3 is 15.0 Å². The fourth-order valence-electron chi connectivity index (χ4n) is 2.96. The first-order chi connectivity index (χ1) is 14.6. The van der Waals surface area contributed by atoms with Crippen LogP contribution in [0.3, 0.4) is 0 Å². The number of ether oxygens (including phenoxy) is 1. The Morgan fingerprint density at radius 3 is 2.39 bits per heavy atom. The SMILES string of the molecule is C[C@@H](C(=O)NC(C)(C)C)N(Cc1ccc(Cl)cc1Cl)C(=O)CCCOc1ccccc1. The number of hydrogen-bond acceptors (Lipinski definition) is 3. The smallest absolute Gasteiger partial charge is 0.242 e. The van der Waals surface area contributed by atoms with Gasteiger partial charge in [-0.25, -0.2) is 0 Å². The van der Waals surface area contributed by atoms with E-state index in [0.29, 0.717) is 23.1 Å². The zero-order valence-electron chi connectivity index (χ0n) is 18.5. The number of carbonyl (C=O) groups excluding carboxylic acids is 2. The van der Waals surface area contributed by atoms with Crippen molar-refractivity contribution in [3.05, 3.63) is 64.1 Å². The van der Waals surface area contributed by atoms with Crippen LogP contribution in [0.2, 0.25) is 10.0 Å². The van der Waals surface area contributed by atoms with Crippen molar-refractivity contribution < 1.29 is 14.3 Å². The maximum absolute atomic E-state index is 13.1. The Hall–Kier alpha value is -2.24. The lowest BCUT2D eigenvalue weighted by molar-refractivity contribution is -0.141. The van der Waals surface area contributed by atoms with E-state index in [0.717, 1.165) is 11.3 Å². The van der Waals surface area contributed by atoms with Crippen LogP contribution in [0.1, 0.15) is 46.1 Å². The molecule has 0 saturated heterocycles. The quantitative estimate of drug-likeness (QED) is 0.499. The molecular formula is C24H30Cl2N2O3. The number of amides is 2. The van der Waals surface area contributed by atoms with Crippen LogP contribution in [-0.2, 0) is 16.1 Å². The fraction of sp³-hybridized carbons (Fsp3) is 0.417. The van der Waals surface area contributed by atoms with Crippen molar-refractivity contribution in [3.8, 4) is 5.75 Å². The van der Waals surface area contributed by atoms with Gasteiger partial charge in [0.05, 0.1) is 6.61 Å². The van der Waals surface area contributed by atoms with Crippen LogP contribution in [-0.4, -0.2) is 34.9 Å². The average molecular weight is 465 g/mol. The number of rotatable bonds is 9. The van der Waals surface area contributed by atoms with E-state index in [4.69, 9.17) is 27.9 Å². The van der Waals surface area contributed by atoms with Crippen LogP contribution in [0.4, 0.5) is 0 Å². The van der Waals surface area contributed by atoms with Crippen LogP contribution < -0.4 is 10.1 Å². The third-order valence-corrected chi connectivity index (χ3v) is 5.16. The number of halogens is 2. The highest BCUT2D eigenvalue weighted by Gasteiger charge is 2.28. The number of hydrogen-bond donors (Lipinski definition) is 1. The molecule has 168 valence electrons. The zero-order chi connectivity index (χ0) is 23.0. The molecule has 0 fully saturated rings. The number of para-hydroxylation sites is 1. The molecule has 0 radical (unpaired) electrons. The first-order valence-corrected chi connectivity index (χ1v) is 11.1. The molecule has 2 rings (SSSR count). The second-order valence-corrected chi connectivity index (χ2v) is 9.28. The lowest BCUT2D eigenvalue weighted by Crippen LogP contribution is -2.52. The van der Waals surface area contributed by atoms with Crippen molar-refractivity contribution >= 4 is 35.0 Å². The Kier molecular flexibility index (Phi) is 9.20. The molecule has 0 aromatic heterocycles. The Morgan fingerprint density at radius 1 is 1.10 bits per heavy atom. The van der Waals surface area contributed by atoms with E-state index in [9.17, 15) is 9.59 Å². The molecule has 2 aromatic carbocycles. The van der Waals surface area contributed by atoms with Gasteiger partial charge in [-0.3, -0.25) is 9.59 Å². The largest absolute Gasteiger partial charge is 0.494 e. The van der Waals surface area contributed by atoms with Crippen LogP contribution in [0.5, 0.6) is 5.75 Å². The summed E-state index contributed by atoms with van der Waals surface area (Å²) < 4.78 is 5.67. The number of carbonyl (C=O) groups is 2. The van der Waals surface area contributed by atoms with E-state index >= 15 is 0 Å². The lowest BCUT2D eigenvalue weighted by atomic mass is 10.1. The monoisotopic (exact) mass is 464 g/mol. The molecule has 1 atom stereocenters. The molecule has 5 nitrogen and oxygen atoms in total. The maximum Gasteiger partial charge on any atom is 0.242 e. The van der Waals surface area contributed by atoms with Crippen LogP contribution in [0.15, 0.2) is 48.5 Å². The first-order valence-electron chi connectivity index (χ1n) is 10.3. The van der Waals surface area contributed by atoms with Gasteiger partial charge in [0, 0.05) is 28.5 Å². The van der Waals surface area contributed by atoms with E-state index in [-0.39, 0.29) is 24.8 Å². The molecule has 0 aliphatic rings. The number of benzene rings is 2. The highest BCUT2D eigenvalue weighted by molar-refractivity contribution is 6.35. The molecule has 31 heavy (non-hydrogen) atoms. The standard InChI is InChI=1S/C24H30Cl2N2O3/c1-17(23(30)27-24(2,3)4)28(16-18-12-13-19(25)15-21(18)26)22(29)11-8-14-31-20-9-6-5-7-10-20/h5-7,9-10,12-13,15,17H,8,11,14,16H2,1-4H3,(H,27,30)/t17-/m0/s1. The summed E-state index contributed by atoms with van der Waals surface area (Å²) in [5.41, 5.74) is 0.331. The van der Waals surface area contributed by atoms with Gasteiger partial charge in [-0.05, 0) is 63.9 Å². The predicted octanol–water partition coefficient (Wildman–Crippen LogP) is 5.48. The molecule has 0 aliphatic carbocycles. The zero-order valence-corrected chi connectivity index (χ0v) is 20.0. The Balaban J connectivity index is 2.07. The second kappa shape index (κ2) is 11.4. The van der Waals surface area contributed by atoms with Gasteiger partial charge in [0.2, 0.25) is 11.8 Å². The Bertz CT molecular complexity index is 882. The Labute approximate surface area is 194 Å². The molecule has 2 aromatic rings. The van der Waals surface area contributed by atoms with Crippen molar-refractivity contribution in [2.75, 3.05) is 6.61 Å². The van der Waals surface area contributed by atoms with Gasteiger partial charge in [0.15, 0.2) is 0 Å². The minimum absolute atomic E-state index is 0.140. The van der Waals surface area contributed by atoms with Gasteiger partial charge in [-0.15, -0.1) is 0 Å². The topological polar surface area (TPSA) is 58.6 Å². The molecule has 0 bridgehead atoms. The van der Waals surface area contributed by atoms with Gasteiger partial charge in [0.25, 0.3) is 0 Å². The summed E-state index contributed by atoms with van der Waals surface area (Å²) in [5, 5.41) is 3.92. The van der Waals surface area contributed by atoms with E-state index in [1.165, 1.54) is 0 Å².